The number of carboxylic acid groups (broad SMARTS) is 1. The third-order valence-corrected chi connectivity index (χ3v) is 3.25. The maximum Gasteiger partial charge on any atom is 0.303 e. The smallest absolute Gasteiger partial charge is 0.303 e. The van der Waals surface area contributed by atoms with Gasteiger partial charge in [-0.25, -0.2) is 4.98 Å². The molecule has 1 heterocycles. The van der Waals surface area contributed by atoms with Crippen molar-refractivity contribution in [3.05, 3.63) is 28.0 Å². The minimum atomic E-state index is -0.796. The number of fused-ring (bicyclic) bond motifs is 1. The number of nitrogens with zero attached hydrogens (tertiary/aromatic N) is 2. The van der Waals surface area contributed by atoms with Crippen LogP contribution in [0.5, 0.6) is 0 Å². The van der Waals surface area contributed by atoms with Gasteiger partial charge in [-0.1, -0.05) is 15.9 Å². The highest BCUT2D eigenvalue weighted by molar-refractivity contribution is 9.10. The lowest BCUT2D eigenvalue weighted by Crippen LogP contribution is -2.03. The van der Waals surface area contributed by atoms with Crippen LogP contribution in [0.2, 0.25) is 0 Å². The van der Waals surface area contributed by atoms with E-state index in [9.17, 15) is 4.79 Å². The van der Waals surface area contributed by atoms with Crippen molar-refractivity contribution < 1.29 is 9.90 Å². The Morgan fingerprint density at radius 2 is 2.24 bits per heavy atom. The Kier molecular flexibility index (Phi) is 3.19. The van der Waals surface area contributed by atoms with Gasteiger partial charge < -0.3 is 9.67 Å². The summed E-state index contributed by atoms with van der Waals surface area (Å²) < 4.78 is 2.96. The van der Waals surface area contributed by atoms with Gasteiger partial charge in [-0.15, -0.1) is 0 Å². The molecule has 90 valence electrons. The molecule has 0 atom stereocenters. The monoisotopic (exact) mass is 296 g/mol. The zero-order valence-electron chi connectivity index (χ0n) is 9.70. The Balaban J connectivity index is 2.49. The van der Waals surface area contributed by atoms with Gasteiger partial charge in [0.1, 0.15) is 5.82 Å². The lowest BCUT2D eigenvalue weighted by Gasteiger charge is -2.01. The molecule has 17 heavy (non-hydrogen) atoms. The minimum Gasteiger partial charge on any atom is -0.481 e. The van der Waals surface area contributed by atoms with Crippen LogP contribution in [0.25, 0.3) is 11.0 Å². The van der Waals surface area contributed by atoms with Gasteiger partial charge in [0.15, 0.2) is 0 Å². The second kappa shape index (κ2) is 4.49. The van der Waals surface area contributed by atoms with Crippen LogP contribution < -0.4 is 0 Å². The van der Waals surface area contributed by atoms with E-state index in [1.54, 1.807) is 0 Å². The summed E-state index contributed by atoms with van der Waals surface area (Å²) in [6, 6.07) is 4.01. The average molecular weight is 297 g/mol. The first-order valence-corrected chi connectivity index (χ1v) is 6.11. The number of halogens is 1. The minimum absolute atomic E-state index is 0.109. The molecule has 0 aliphatic heterocycles. The first-order chi connectivity index (χ1) is 7.99. The SMILES string of the molecule is Cc1cc(Br)cc2c1nc(CCC(=O)O)n2C. The van der Waals surface area contributed by atoms with Gasteiger partial charge in [0.05, 0.1) is 17.5 Å². The second-order valence-corrected chi connectivity index (χ2v) is 4.99. The molecule has 1 aromatic heterocycles. The molecule has 2 aromatic rings. The standard InChI is InChI=1S/C12H13BrN2O2/c1-7-5-8(13)6-9-12(7)14-10(15(9)2)3-4-11(16)17/h5-6H,3-4H2,1-2H3,(H,16,17). The molecule has 5 heteroatoms. The van der Waals surface area contributed by atoms with Gasteiger partial charge in [0.25, 0.3) is 0 Å². The molecular weight excluding hydrogens is 284 g/mol. The van der Waals surface area contributed by atoms with Crippen molar-refractivity contribution in [3.8, 4) is 0 Å². The normalized spacial score (nSPS) is 11.0. The Morgan fingerprint density at radius 1 is 1.53 bits per heavy atom. The van der Waals surface area contributed by atoms with E-state index in [4.69, 9.17) is 5.11 Å². The van der Waals surface area contributed by atoms with E-state index in [-0.39, 0.29) is 6.42 Å². The van der Waals surface area contributed by atoms with E-state index in [0.717, 1.165) is 26.9 Å². The molecule has 0 unspecified atom stereocenters. The summed E-state index contributed by atoms with van der Waals surface area (Å²) in [6.07, 6.45) is 0.564. The maximum absolute atomic E-state index is 10.6. The quantitative estimate of drug-likeness (QED) is 0.947. The molecule has 0 amide bonds. The number of aryl methyl sites for hydroxylation is 3. The summed E-state index contributed by atoms with van der Waals surface area (Å²) in [5, 5.41) is 8.69. The van der Waals surface area contributed by atoms with Crippen LogP contribution in [-0.4, -0.2) is 20.6 Å². The lowest BCUT2D eigenvalue weighted by molar-refractivity contribution is -0.137. The maximum atomic E-state index is 10.6. The zero-order valence-corrected chi connectivity index (χ0v) is 11.3. The lowest BCUT2D eigenvalue weighted by atomic mass is 10.2. The Labute approximate surface area is 107 Å². The van der Waals surface area contributed by atoms with Crippen LogP contribution >= 0.6 is 15.9 Å². The Morgan fingerprint density at radius 3 is 2.88 bits per heavy atom. The fraction of sp³-hybridized carbons (Fsp3) is 0.333. The van der Waals surface area contributed by atoms with Crippen LogP contribution in [0, 0.1) is 6.92 Å². The molecular formula is C12H13BrN2O2. The molecule has 4 nitrogen and oxygen atoms in total. The third-order valence-electron chi connectivity index (χ3n) is 2.80. The van der Waals surface area contributed by atoms with Crippen molar-refractivity contribution in [2.45, 2.75) is 19.8 Å². The van der Waals surface area contributed by atoms with Gasteiger partial charge in [-0.3, -0.25) is 4.79 Å². The van der Waals surface area contributed by atoms with Gasteiger partial charge in [-0.05, 0) is 24.6 Å². The highest BCUT2D eigenvalue weighted by Crippen LogP contribution is 2.24. The summed E-state index contributed by atoms with van der Waals surface area (Å²) in [4.78, 5) is 15.1. The van der Waals surface area contributed by atoms with E-state index in [2.05, 4.69) is 20.9 Å². The van der Waals surface area contributed by atoms with Crippen molar-refractivity contribution in [2.24, 2.45) is 7.05 Å². The number of hydrogen-bond donors (Lipinski definition) is 1. The van der Waals surface area contributed by atoms with Crippen molar-refractivity contribution in [2.75, 3.05) is 0 Å². The number of carboxylic acids is 1. The number of benzene rings is 1. The third kappa shape index (κ3) is 2.34. The number of aromatic nitrogens is 2. The molecule has 1 N–H and O–H groups in total. The Hall–Kier alpha value is -1.36. The average Bonchev–Trinajstić information content (AvgIpc) is 2.54. The largest absolute Gasteiger partial charge is 0.481 e. The molecule has 2 rings (SSSR count). The number of imidazole rings is 1. The number of carbonyl (C=O) groups is 1. The molecule has 0 aliphatic carbocycles. The molecule has 0 radical (unpaired) electrons. The molecule has 0 fully saturated rings. The van der Waals surface area contributed by atoms with Crippen LogP contribution in [0.3, 0.4) is 0 Å². The predicted molar refractivity (Wildman–Crippen MR) is 69.1 cm³/mol. The van der Waals surface area contributed by atoms with Crippen LogP contribution in [-0.2, 0) is 18.3 Å². The fourth-order valence-electron chi connectivity index (χ4n) is 1.90. The van der Waals surface area contributed by atoms with Gasteiger partial charge >= 0.3 is 5.97 Å². The zero-order chi connectivity index (χ0) is 12.6. The molecule has 0 saturated carbocycles. The molecule has 0 aliphatic rings. The van der Waals surface area contributed by atoms with Gasteiger partial charge in [0, 0.05) is 17.9 Å². The van der Waals surface area contributed by atoms with Gasteiger partial charge in [0.2, 0.25) is 0 Å². The second-order valence-electron chi connectivity index (χ2n) is 4.07. The molecule has 0 bridgehead atoms. The first kappa shape index (κ1) is 12.1. The van der Waals surface area contributed by atoms with E-state index in [1.807, 2.05) is 30.7 Å². The van der Waals surface area contributed by atoms with Crippen molar-refractivity contribution >= 4 is 32.9 Å². The molecule has 0 saturated heterocycles. The molecule has 1 aromatic carbocycles. The summed E-state index contributed by atoms with van der Waals surface area (Å²) in [7, 11) is 1.92. The Bertz CT molecular complexity index is 590. The first-order valence-electron chi connectivity index (χ1n) is 5.32. The molecule has 0 spiro atoms. The van der Waals surface area contributed by atoms with Crippen molar-refractivity contribution in [1.82, 2.24) is 9.55 Å². The number of hydrogen-bond acceptors (Lipinski definition) is 2. The van der Waals surface area contributed by atoms with E-state index in [0.29, 0.717) is 6.42 Å². The van der Waals surface area contributed by atoms with Gasteiger partial charge in [-0.2, -0.15) is 0 Å². The topological polar surface area (TPSA) is 55.1 Å². The number of aliphatic carboxylic acids is 1. The van der Waals surface area contributed by atoms with Crippen LogP contribution in [0.1, 0.15) is 17.8 Å². The van der Waals surface area contributed by atoms with E-state index < -0.39 is 5.97 Å². The highest BCUT2D eigenvalue weighted by Gasteiger charge is 2.11. The summed E-state index contributed by atoms with van der Waals surface area (Å²) in [5.74, 6) is 0.0126. The summed E-state index contributed by atoms with van der Waals surface area (Å²) >= 11 is 3.45. The predicted octanol–water partition coefficient (Wildman–Crippen LogP) is 2.66. The van der Waals surface area contributed by atoms with Crippen molar-refractivity contribution in [3.63, 3.8) is 0 Å². The van der Waals surface area contributed by atoms with Crippen molar-refractivity contribution in [1.29, 1.82) is 0 Å². The summed E-state index contributed by atoms with van der Waals surface area (Å²) in [5.41, 5.74) is 3.06. The van der Waals surface area contributed by atoms with E-state index >= 15 is 0 Å². The van der Waals surface area contributed by atoms with Crippen LogP contribution in [0.15, 0.2) is 16.6 Å². The summed E-state index contributed by atoms with van der Waals surface area (Å²) in [6.45, 7) is 2.00. The van der Waals surface area contributed by atoms with Crippen LogP contribution in [0.4, 0.5) is 0 Å². The highest BCUT2D eigenvalue weighted by atomic mass is 79.9. The number of rotatable bonds is 3. The van der Waals surface area contributed by atoms with E-state index in [1.165, 1.54) is 0 Å². The fourth-order valence-corrected chi connectivity index (χ4v) is 2.46.